The fourth-order valence-electron chi connectivity index (χ4n) is 1.05. The summed E-state index contributed by atoms with van der Waals surface area (Å²) in [5, 5.41) is 3.20. The molecule has 2 nitrogen and oxygen atoms in total. The van der Waals surface area contributed by atoms with Crippen LogP contribution in [0.25, 0.3) is 0 Å². The highest BCUT2D eigenvalue weighted by Gasteiger charge is 1.95. The minimum atomic E-state index is 0.0774. The predicted molar refractivity (Wildman–Crippen MR) is 58.3 cm³/mol. The largest absolute Gasteiger partial charge is 0.378 e. The summed E-state index contributed by atoms with van der Waals surface area (Å²) in [7, 11) is 0. The molecule has 0 bridgehead atoms. The normalized spacial score (nSPS) is 13.6. The molecule has 0 saturated carbocycles. The Morgan fingerprint density at radius 2 is 2.07 bits per heavy atom. The van der Waals surface area contributed by atoms with Crippen LogP contribution in [-0.2, 0) is 0 Å². The van der Waals surface area contributed by atoms with Gasteiger partial charge in [-0.25, -0.2) is 4.39 Å². The Morgan fingerprint density at radius 3 is 2.71 bits per heavy atom. The van der Waals surface area contributed by atoms with E-state index in [1.54, 1.807) is 6.21 Å². The van der Waals surface area contributed by atoms with Crippen molar-refractivity contribution in [3.8, 4) is 0 Å². The first kappa shape index (κ1) is 10.4. The summed E-state index contributed by atoms with van der Waals surface area (Å²) < 4.78 is 11.6. The molecule has 1 N–H and O–H groups in total. The number of rotatable bonds is 4. The van der Waals surface area contributed by atoms with Gasteiger partial charge in [0.1, 0.15) is 6.33 Å². The molecule has 0 aliphatic rings. The lowest BCUT2D eigenvalue weighted by molar-refractivity contribution is 0.718. The van der Waals surface area contributed by atoms with Crippen molar-refractivity contribution in [2.24, 2.45) is 4.99 Å². The van der Waals surface area contributed by atoms with Crippen LogP contribution in [0.4, 0.5) is 10.1 Å². The van der Waals surface area contributed by atoms with E-state index >= 15 is 0 Å². The third kappa shape index (κ3) is 3.85. The molecule has 14 heavy (non-hydrogen) atoms. The van der Waals surface area contributed by atoms with Crippen molar-refractivity contribution in [2.45, 2.75) is 13.0 Å². The van der Waals surface area contributed by atoms with Crippen LogP contribution in [0.1, 0.15) is 6.92 Å². The summed E-state index contributed by atoms with van der Waals surface area (Å²) in [6.07, 6.45) is 3.16. The van der Waals surface area contributed by atoms with Crippen LogP contribution in [0.2, 0.25) is 0 Å². The molecule has 0 aliphatic carbocycles. The molecule has 0 fully saturated rings. The van der Waals surface area contributed by atoms with Gasteiger partial charge in [-0.3, -0.25) is 4.99 Å². The lowest BCUT2D eigenvalue weighted by atomic mass is 10.3. The average molecular weight is 192 g/mol. The van der Waals surface area contributed by atoms with E-state index in [1.165, 1.54) is 0 Å². The molecule has 3 heteroatoms. The molecule has 1 unspecified atom stereocenters. The van der Waals surface area contributed by atoms with E-state index in [9.17, 15) is 4.39 Å². The average Bonchev–Trinajstić information content (AvgIpc) is 2.20. The zero-order valence-corrected chi connectivity index (χ0v) is 8.02. The number of para-hydroxylation sites is 1. The van der Waals surface area contributed by atoms with Gasteiger partial charge in [-0.15, -0.1) is 0 Å². The van der Waals surface area contributed by atoms with Gasteiger partial charge in [-0.05, 0) is 19.1 Å². The van der Waals surface area contributed by atoms with E-state index < -0.39 is 0 Å². The minimum Gasteiger partial charge on any atom is -0.378 e. The molecule has 0 radical (unpaired) electrons. The fourth-order valence-corrected chi connectivity index (χ4v) is 1.05. The molecule has 1 atom stereocenters. The van der Waals surface area contributed by atoms with Crippen LogP contribution in [0, 0.1) is 0 Å². The Kier molecular flexibility index (Phi) is 4.41. The van der Waals surface area contributed by atoms with Gasteiger partial charge in [-0.2, -0.15) is 0 Å². The van der Waals surface area contributed by atoms with Crippen LogP contribution in [0.3, 0.4) is 0 Å². The monoisotopic (exact) mass is 192 g/mol. The summed E-state index contributed by atoms with van der Waals surface area (Å²) in [4.78, 5) is 3.74. The number of nitrogens with zero attached hydrogens (tertiary/aromatic N) is 1. The molecule has 0 aliphatic heterocycles. The van der Waals surface area contributed by atoms with Gasteiger partial charge in [0.2, 0.25) is 0 Å². The van der Waals surface area contributed by atoms with Crippen LogP contribution in [0.15, 0.2) is 47.9 Å². The van der Waals surface area contributed by atoms with Gasteiger partial charge in [0.05, 0.1) is 12.2 Å². The van der Waals surface area contributed by atoms with Gasteiger partial charge in [0.25, 0.3) is 0 Å². The van der Waals surface area contributed by atoms with E-state index in [0.717, 1.165) is 11.9 Å². The second kappa shape index (κ2) is 5.91. The van der Waals surface area contributed by atoms with E-state index in [4.69, 9.17) is 0 Å². The number of aliphatic imine (C=N–C) groups is 1. The molecular formula is C11H13FN2. The summed E-state index contributed by atoms with van der Waals surface area (Å²) >= 11 is 0. The SMILES string of the molecule is CC(C=N/C=C\F)Nc1ccccc1. The lowest BCUT2D eigenvalue weighted by Gasteiger charge is -2.09. The maximum Gasteiger partial charge on any atom is 0.105 e. The van der Waals surface area contributed by atoms with Gasteiger partial charge in [0.15, 0.2) is 0 Å². The van der Waals surface area contributed by atoms with Crippen molar-refractivity contribution in [3.05, 3.63) is 42.9 Å². The lowest BCUT2D eigenvalue weighted by Crippen LogP contribution is -2.15. The summed E-state index contributed by atoms with van der Waals surface area (Å²) in [6, 6.07) is 9.87. The zero-order chi connectivity index (χ0) is 10.2. The Bertz CT molecular complexity index is 306. The third-order valence-electron chi connectivity index (χ3n) is 1.62. The van der Waals surface area contributed by atoms with Crippen LogP contribution >= 0.6 is 0 Å². The molecule has 1 aromatic rings. The zero-order valence-electron chi connectivity index (χ0n) is 8.02. The summed E-state index contributed by atoms with van der Waals surface area (Å²) in [5.41, 5.74) is 1.02. The molecule has 0 amide bonds. The maximum absolute atomic E-state index is 11.6. The van der Waals surface area contributed by atoms with E-state index in [-0.39, 0.29) is 6.04 Å². The number of benzene rings is 1. The predicted octanol–water partition coefficient (Wildman–Crippen LogP) is 3.00. The van der Waals surface area contributed by atoms with Crippen LogP contribution in [-0.4, -0.2) is 12.3 Å². The fraction of sp³-hybridized carbons (Fsp3) is 0.182. The number of hydrogen-bond donors (Lipinski definition) is 1. The Labute approximate surface area is 83.2 Å². The van der Waals surface area contributed by atoms with Crippen molar-refractivity contribution < 1.29 is 4.39 Å². The number of anilines is 1. The molecular weight excluding hydrogens is 179 g/mol. The number of halogens is 1. The Hall–Kier alpha value is -1.64. The molecule has 0 saturated heterocycles. The van der Waals surface area contributed by atoms with Gasteiger partial charge >= 0.3 is 0 Å². The minimum absolute atomic E-state index is 0.0774. The quantitative estimate of drug-likeness (QED) is 0.728. The van der Waals surface area contributed by atoms with Crippen molar-refractivity contribution in [1.82, 2.24) is 0 Å². The van der Waals surface area contributed by atoms with Crippen molar-refractivity contribution in [2.75, 3.05) is 5.32 Å². The molecule has 74 valence electrons. The molecule has 1 aromatic carbocycles. The maximum atomic E-state index is 11.6. The third-order valence-corrected chi connectivity index (χ3v) is 1.62. The van der Waals surface area contributed by atoms with Gasteiger partial charge < -0.3 is 5.32 Å². The van der Waals surface area contributed by atoms with Crippen LogP contribution in [0.5, 0.6) is 0 Å². The van der Waals surface area contributed by atoms with E-state index in [0.29, 0.717) is 6.33 Å². The molecule has 0 heterocycles. The Morgan fingerprint density at radius 1 is 1.36 bits per heavy atom. The number of nitrogens with one attached hydrogen (secondary N) is 1. The standard InChI is InChI=1S/C11H13FN2/c1-10(9-13-8-7-12)14-11-5-3-2-4-6-11/h2-10,14H,1H3/b8-7-,13-9?. The molecule has 0 aromatic heterocycles. The number of hydrogen-bond acceptors (Lipinski definition) is 2. The van der Waals surface area contributed by atoms with Crippen molar-refractivity contribution in [1.29, 1.82) is 0 Å². The highest BCUT2D eigenvalue weighted by molar-refractivity contribution is 5.69. The van der Waals surface area contributed by atoms with Crippen molar-refractivity contribution >= 4 is 11.9 Å². The van der Waals surface area contributed by atoms with E-state index in [1.807, 2.05) is 37.3 Å². The smallest absolute Gasteiger partial charge is 0.105 e. The second-order valence-electron chi connectivity index (χ2n) is 2.87. The van der Waals surface area contributed by atoms with Gasteiger partial charge in [-0.1, -0.05) is 18.2 Å². The summed E-state index contributed by atoms with van der Waals surface area (Å²) in [6.45, 7) is 1.95. The van der Waals surface area contributed by atoms with Gasteiger partial charge in [0, 0.05) is 11.9 Å². The van der Waals surface area contributed by atoms with Crippen LogP contribution < -0.4 is 5.32 Å². The first-order chi connectivity index (χ1) is 6.83. The highest BCUT2D eigenvalue weighted by Crippen LogP contribution is 2.05. The molecule has 1 rings (SSSR count). The Balaban J connectivity index is 2.45. The van der Waals surface area contributed by atoms with E-state index in [2.05, 4.69) is 10.3 Å². The second-order valence-corrected chi connectivity index (χ2v) is 2.87. The topological polar surface area (TPSA) is 24.4 Å². The summed E-state index contributed by atoms with van der Waals surface area (Å²) in [5.74, 6) is 0. The first-order valence-electron chi connectivity index (χ1n) is 4.43. The highest BCUT2D eigenvalue weighted by atomic mass is 19.1. The first-order valence-corrected chi connectivity index (χ1v) is 4.43. The molecule has 0 spiro atoms. The van der Waals surface area contributed by atoms with Crippen molar-refractivity contribution in [3.63, 3.8) is 0 Å².